The van der Waals surface area contributed by atoms with Gasteiger partial charge in [0.15, 0.2) is 12.6 Å². The second-order valence-corrected chi connectivity index (χ2v) is 0.964. The summed E-state index contributed by atoms with van der Waals surface area (Å²) in [5.41, 5.74) is 0. The van der Waals surface area contributed by atoms with Crippen LogP contribution in [0.4, 0.5) is 0 Å². The molecule has 0 aliphatic heterocycles. The van der Waals surface area contributed by atoms with Crippen molar-refractivity contribution in [3.05, 3.63) is 0 Å². The van der Waals surface area contributed by atoms with Crippen molar-refractivity contribution >= 4 is 23.9 Å². The van der Waals surface area contributed by atoms with Crippen molar-refractivity contribution in [1.29, 1.82) is 0 Å². The van der Waals surface area contributed by atoms with E-state index >= 15 is 0 Å². The van der Waals surface area contributed by atoms with Crippen LogP contribution in [-0.4, -0.2) is 31.4 Å². The summed E-state index contributed by atoms with van der Waals surface area (Å²) in [7, 11) is 0. The van der Waals surface area contributed by atoms with Crippen molar-refractivity contribution < 1.29 is 90.3 Å². The summed E-state index contributed by atoms with van der Waals surface area (Å²) in [4.78, 5) is 17.6. The molecule has 0 aliphatic carbocycles. The molecule has 6 nitrogen and oxygen atoms in total. The van der Waals surface area contributed by atoms with Crippen LogP contribution in [0.3, 0.4) is 0 Å². The van der Waals surface area contributed by atoms with Crippen molar-refractivity contribution in [1.82, 2.24) is 0 Å². The quantitative estimate of drug-likeness (QED) is 0.191. The Labute approximate surface area is 113 Å². The zero-order valence-corrected chi connectivity index (χ0v) is 11.0. The van der Waals surface area contributed by atoms with Gasteiger partial charge in [0, 0.05) is 0 Å². The van der Waals surface area contributed by atoms with E-state index in [1.54, 1.807) is 0 Å². The molecule has 0 aromatic heterocycles. The molecule has 0 heterocycles. The Morgan fingerprint density at radius 3 is 1.18 bits per heavy atom. The first-order valence-electron chi connectivity index (χ1n) is 1.34. The van der Waals surface area contributed by atoms with Crippen LogP contribution in [0.15, 0.2) is 0 Å². The Kier molecular flexibility index (Phi) is 80.6. The first kappa shape index (κ1) is 29.4. The Balaban J connectivity index is -0.00000000800. The van der Waals surface area contributed by atoms with E-state index in [1.165, 1.54) is 0 Å². The SMILES string of the molecule is O.O=CC=O.O=S(O)O.[H-].[H-].[Na+].[Na+]. The monoisotopic (exact) mass is 206 g/mol. The Morgan fingerprint density at radius 2 is 1.18 bits per heavy atom. The molecule has 0 atom stereocenters. The van der Waals surface area contributed by atoms with Crippen LogP contribution in [0, 0.1) is 0 Å². The number of rotatable bonds is 1. The summed E-state index contributed by atoms with van der Waals surface area (Å²) in [6.07, 6.45) is 0.389. The van der Waals surface area contributed by atoms with Gasteiger partial charge in [-0.3, -0.25) is 18.7 Å². The minimum absolute atomic E-state index is 0. The molecule has 0 saturated carbocycles. The summed E-state index contributed by atoms with van der Waals surface area (Å²) in [5, 5.41) is 0. The molecule has 0 spiro atoms. The third-order valence-corrected chi connectivity index (χ3v) is 0.0556. The van der Waals surface area contributed by atoms with Crippen molar-refractivity contribution in [2.24, 2.45) is 0 Å². The second-order valence-electron chi connectivity index (χ2n) is 0.503. The molecule has 9 heteroatoms. The molecular weight excluding hydrogens is 198 g/mol. The van der Waals surface area contributed by atoms with Crippen molar-refractivity contribution in [3.8, 4) is 0 Å². The third kappa shape index (κ3) is 178. The molecular formula is C2H8Na2O6S. The van der Waals surface area contributed by atoms with Crippen molar-refractivity contribution in [2.75, 3.05) is 0 Å². The molecule has 0 bridgehead atoms. The van der Waals surface area contributed by atoms with E-state index in [2.05, 4.69) is 0 Å². The molecule has 0 saturated heterocycles. The topological polar surface area (TPSA) is 123 Å². The van der Waals surface area contributed by atoms with Gasteiger partial charge in [-0.25, -0.2) is 0 Å². The standard InChI is InChI=1S/C2H2O2.2Na.H2O3S.H2O.2H/c3-1-2-4;;;1-4(2)3;;;/h1-2H;;;(H2,1,2,3);1H2;;/q;2*+1;;;2*-1. The molecule has 4 N–H and O–H groups in total. The van der Waals surface area contributed by atoms with Crippen molar-refractivity contribution in [3.63, 3.8) is 0 Å². The van der Waals surface area contributed by atoms with Crippen LogP contribution >= 0.6 is 0 Å². The van der Waals surface area contributed by atoms with E-state index in [0.717, 1.165) is 0 Å². The summed E-state index contributed by atoms with van der Waals surface area (Å²) < 4.78 is 22.8. The van der Waals surface area contributed by atoms with E-state index in [4.69, 9.17) is 22.9 Å². The molecule has 11 heavy (non-hydrogen) atoms. The van der Waals surface area contributed by atoms with E-state index in [0.29, 0.717) is 0 Å². The van der Waals surface area contributed by atoms with E-state index in [-0.39, 0.29) is 80.0 Å². The fraction of sp³-hybridized carbons (Fsp3) is 0. The van der Waals surface area contributed by atoms with Gasteiger partial charge in [0.05, 0.1) is 0 Å². The predicted octanol–water partition coefficient (Wildman–Crippen LogP) is -7.53. The van der Waals surface area contributed by atoms with Gasteiger partial charge in [-0.2, -0.15) is 4.21 Å². The zero-order chi connectivity index (χ0) is 6.99. The van der Waals surface area contributed by atoms with Gasteiger partial charge in [0.25, 0.3) is 11.4 Å². The molecule has 60 valence electrons. The Morgan fingerprint density at radius 1 is 1.09 bits per heavy atom. The summed E-state index contributed by atoms with van der Waals surface area (Å²) >= 11 is -2.61. The molecule has 0 fully saturated rings. The molecule has 0 amide bonds. The fourth-order valence-corrected chi connectivity index (χ4v) is 0. The van der Waals surface area contributed by atoms with Gasteiger partial charge in [-0.15, -0.1) is 0 Å². The Hall–Kier alpha value is 1.37. The minimum Gasteiger partial charge on any atom is -1.00 e. The first-order valence-corrected chi connectivity index (χ1v) is 2.40. The number of carbonyl (C=O) groups excluding carboxylic acids is 2. The van der Waals surface area contributed by atoms with Gasteiger partial charge in [-0.05, 0) is 0 Å². The molecule has 0 aromatic carbocycles. The maximum absolute atomic E-state index is 8.81. The van der Waals surface area contributed by atoms with Gasteiger partial charge < -0.3 is 8.33 Å². The van der Waals surface area contributed by atoms with Gasteiger partial charge >= 0.3 is 59.1 Å². The maximum atomic E-state index is 8.81. The first-order chi connectivity index (χ1) is 3.65. The average Bonchev–Trinajstić information content (AvgIpc) is 1.65. The largest absolute Gasteiger partial charge is 1.00 e. The summed E-state index contributed by atoms with van der Waals surface area (Å²) in [5.74, 6) is 0. The van der Waals surface area contributed by atoms with Crippen LogP contribution in [0.1, 0.15) is 2.85 Å². The normalized spacial score (nSPS) is 5.00. The van der Waals surface area contributed by atoms with E-state index in [1.807, 2.05) is 0 Å². The maximum Gasteiger partial charge on any atom is 1.00 e. The van der Waals surface area contributed by atoms with Crippen LogP contribution < -0.4 is 59.1 Å². The Bertz CT molecular complexity index is 94.6. The molecule has 0 aromatic rings. The number of carbonyl (C=O) groups is 2. The van der Waals surface area contributed by atoms with Crippen LogP contribution in [-0.2, 0) is 21.0 Å². The third-order valence-electron chi connectivity index (χ3n) is 0.0556. The number of hydrogen-bond donors (Lipinski definition) is 2. The average molecular weight is 206 g/mol. The number of hydrogen-bond acceptors (Lipinski definition) is 3. The van der Waals surface area contributed by atoms with Crippen LogP contribution in [0.25, 0.3) is 0 Å². The molecule has 0 radical (unpaired) electrons. The molecule has 0 unspecified atom stereocenters. The van der Waals surface area contributed by atoms with Crippen LogP contribution in [0.2, 0.25) is 0 Å². The van der Waals surface area contributed by atoms with Crippen molar-refractivity contribution in [2.45, 2.75) is 0 Å². The second kappa shape index (κ2) is 30.1. The summed E-state index contributed by atoms with van der Waals surface area (Å²) in [6, 6.07) is 0. The van der Waals surface area contributed by atoms with Crippen LogP contribution in [0.5, 0.6) is 0 Å². The summed E-state index contributed by atoms with van der Waals surface area (Å²) in [6.45, 7) is 0. The van der Waals surface area contributed by atoms with Gasteiger partial charge in [0.1, 0.15) is 0 Å². The van der Waals surface area contributed by atoms with E-state index in [9.17, 15) is 0 Å². The number of aldehydes is 2. The predicted molar refractivity (Wildman–Crippen MR) is 31.4 cm³/mol. The van der Waals surface area contributed by atoms with Gasteiger partial charge in [-0.1, -0.05) is 0 Å². The minimum atomic E-state index is -2.61. The fourth-order valence-electron chi connectivity index (χ4n) is 0. The smallest absolute Gasteiger partial charge is 1.00 e. The molecule has 0 rings (SSSR count). The molecule has 0 aliphatic rings. The zero-order valence-electron chi connectivity index (χ0n) is 8.18. The van der Waals surface area contributed by atoms with Gasteiger partial charge in [0.2, 0.25) is 0 Å². The van der Waals surface area contributed by atoms with E-state index < -0.39 is 11.4 Å².